The van der Waals surface area contributed by atoms with E-state index in [1.807, 2.05) is 30.3 Å². The highest BCUT2D eigenvalue weighted by Crippen LogP contribution is 2.18. The molecule has 2 heterocycles. The summed E-state index contributed by atoms with van der Waals surface area (Å²) in [6.45, 7) is 0. The normalized spacial score (nSPS) is 11.2. The fourth-order valence-electron chi connectivity index (χ4n) is 2.44. The molecule has 2 aromatic carbocycles. The number of hydrogen-bond donors (Lipinski definition) is 1. The monoisotopic (exact) mass is 324 g/mol. The first-order valence-electron chi connectivity index (χ1n) is 6.82. The Labute approximate surface area is 134 Å². The lowest BCUT2D eigenvalue weighted by Gasteiger charge is -2.06. The molecule has 0 aliphatic heterocycles. The minimum Gasteiger partial charge on any atom is -0.618 e. The average molecular weight is 325 g/mol. The van der Waals surface area contributed by atoms with Crippen LogP contribution in [0.1, 0.15) is 0 Å². The molecule has 0 spiro atoms. The lowest BCUT2D eigenvalue weighted by Crippen LogP contribution is -2.35. The summed E-state index contributed by atoms with van der Waals surface area (Å²) < 4.78 is 0.518. The quantitative estimate of drug-likeness (QED) is 0.331. The van der Waals surface area contributed by atoms with Gasteiger partial charge in [0.25, 0.3) is 0 Å². The van der Waals surface area contributed by atoms with Crippen molar-refractivity contribution < 1.29 is 4.73 Å². The topological polar surface area (TPSA) is 85.6 Å². The van der Waals surface area contributed by atoms with Gasteiger partial charge in [0.1, 0.15) is 11.3 Å². The van der Waals surface area contributed by atoms with Crippen LogP contribution in [0.15, 0.2) is 53.3 Å². The van der Waals surface area contributed by atoms with Crippen molar-refractivity contribution in [3.63, 3.8) is 0 Å². The Morgan fingerprint density at radius 1 is 1.09 bits per heavy atom. The number of rotatable bonds is 1. The molecule has 0 saturated carbocycles. The first kappa shape index (κ1) is 13.7. The minimum absolute atomic E-state index is 0.0948. The zero-order valence-electron chi connectivity index (χ0n) is 11.7. The third kappa shape index (κ3) is 2.20. The Kier molecular flexibility index (Phi) is 2.99. The molecule has 0 aliphatic rings. The molecule has 0 fully saturated rings. The van der Waals surface area contributed by atoms with E-state index in [9.17, 15) is 10.0 Å². The van der Waals surface area contributed by atoms with E-state index in [-0.39, 0.29) is 16.7 Å². The van der Waals surface area contributed by atoms with E-state index < -0.39 is 5.56 Å². The number of aromatic nitrogens is 4. The van der Waals surface area contributed by atoms with Crippen molar-refractivity contribution in [1.29, 1.82) is 0 Å². The van der Waals surface area contributed by atoms with Crippen LogP contribution >= 0.6 is 11.6 Å². The van der Waals surface area contributed by atoms with Gasteiger partial charge >= 0.3 is 11.1 Å². The lowest BCUT2D eigenvalue weighted by atomic mass is 10.2. The molecular weight excluding hydrogens is 316 g/mol. The van der Waals surface area contributed by atoms with Gasteiger partial charge < -0.3 is 10.2 Å². The highest BCUT2D eigenvalue weighted by molar-refractivity contribution is 6.31. The van der Waals surface area contributed by atoms with Crippen molar-refractivity contribution in [2.24, 2.45) is 0 Å². The van der Waals surface area contributed by atoms with E-state index in [4.69, 9.17) is 11.6 Å². The van der Waals surface area contributed by atoms with E-state index in [0.717, 1.165) is 5.56 Å². The Morgan fingerprint density at radius 3 is 2.65 bits per heavy atom. The molecule has 23 heavy (non-hydrogen) atoms. The molecule has 7 heteroatoms. The Balaban J connectivity index is 2.09. The molecule has 6 nitrogen and oxygen atoms in total. The van der Waals surface area contributed by atoms with Gasteiger partial charge in [-0.2, -0.15) is 4.73 Å². The maximum Gasteiger partial charge on any atom is 0.327 e. The SMILES string of the molecule is O=c1[nH]c(-c2ccccc2)nc2nc3ccc(Cl)cc3[n+]([O-])c12. The summed E-state index contributed by atoms with van der Waals surface area (Å²) >= 11 is 5.91. The molecule has 112 valence electrons. The summed E-state index contributed by atoms with van der Waals surface area (Å²) in [6.07, 6.45) is 0. The van der Waals surface area contributed by atoms with E-state index >= 15 is 0 Å². The molecule has 0 bridgehead atoms. The number of H-pyrrole nitrogens is 1. The van der Waals surface area contributed by atoms with Crippen LogP contribution in [0.25, 0.3) is 33.6 Å². The predicted octanol–water partition coefficient (Wildman–Crippen LogP) is 2.43. The summed E-state index contributed by atoms with van der Waals surface area (Å²) in [6, 6.07) is 13.9. The van der Waals surface area contributed by atoms with E-state index in [2.05, 4.69) is 15.0 Å². The summed E-state index contributed by atoms with van der Waals surface area (Å²) in [5.74, 6) is 0.365. The van der Waals surface area contributed by atoms with E-state index in [0.29, 0.717) is 21.1 Å². The largest absolute Gasteiger partial charge is 0.618 e. The molecule has 0 amide bonds. The number of aromatic amines is 1. The number of benzene rings is 2. The second-order valence-corrected chi connectivity index (χ2v) is 5.43. The second kappa shape index (κ2) is 5.03. The number of nitrogens with zero attached hydrogens (tertiary/aromatic N) is 3. The van der Waals surface area contributed by atoms with Gasteiger partial charge in [0, 0.05) is 16.7 Å². The fraction of sp³-hybridized carbons (Fsp3) is 0. The number of hydrogen-bond acceptors (Lipinski definition) is 4. The van der Waals surface area contributed by atoms with Crippen LogP contribution in [0.2, 0.25) is 5.02 Å². The van der Waals surface area contributed by atoms with Crippen LogP contribution in [0.4, 0.5) is 0 Å². The predicted molar refractivity (Wildman–Crippen MR) is 87.1 cm³/mol. The standard InChI is InChI=1S/C16H9ClN4O2/c17-10-6-7-11-12(8-10)21(23)13-15(18-11)19-14(20-16(13)22)9-4-2-1-3-5-9/h1-8H,(H,18,19,20,22). The maximum absolute atomic E-state index is 12.5. The second-order valence-electron chi connectivity index (χ2n) is 4.99. The van der Waals surface area contributed by atoms with Gasteiger partial charge in [0.2, 0.25) is 11.2 Å². The molecule has 4 aromatic rings. The van der Waals surface area contributed by atoms with Crippen molar-refractivity contribution in [1.82, 2.24) is 15.0 Å². The Bertz CT molecular complexity index is 1110. The van der Waals surface area contributed by atoms with Crippen LogP contribution in [0.3, 0.4) is 0 Å². The van der Waals surface area contributed by atoms with Crippen molar-refractivity contribution in [2.45, 2.75) is 0 Å². The van der Waals surface area contributed by atoms with Gasteiger partial charge in [0.15, 0.2) is 0 Å². The molecule has 0 radical (unpaired) electrons. The lowest BCUT2D eigenvalue weighted by molar-refractivity contribution is -0.548. The van der Waals surface area contributed by atoms with Crippen LogP contribution in [-0.2, 0) is 0 Å². The van der Waals surface area contributed by atoms with E-state index in [1.165, 1.54) is 6.07 Å². The number of halogens is 1. The first-order chi connectivity index (χ1) is 11.1. The highest BCUT2D eigenvalue weighted by Gasteiger charge is 2.18. The minimum atomic E-state index is -0.543. The molecular formula is C16H9ClN4O2. The maximum atomic E-state index is 12.5. The Morgan fingerprint density at radius 2 is 1.87 bits per heavy atom. The van der Waals surface area contributed by atoms with Crippen molar-refractivity contribution in [2.75, 3.05) is 0 Å². The molecule has 1 N–H and O–H groups in total. The fourth-order valence-corrected chi connectivity index (χ4v) is 2.60. The molecule has 4 rings (SSSR count). The van der Waals surface area contributed by atoms with Crippen LogP contribution in [0, 0.1) is 5.21 Å². The smallest absolute Gasteiger partial charge is 0.327 e. The number of nitrogens with one attached hydrogen (secondary N) is 1. The molecule has 2 aromatic heterocycles. The average Bonchev–Trinajstić information content (AvgIpc) is 2.56. The van der Waals surface area contributed by atoms with Gasteiger partial charge in [-0.1, -0.05) is 41.9 Å². The summed E-state index contributed by atoms with van der Waals surface area (Å²) in [5, 5.41) is 12.9. The van der Waals surface area contributed by atoms with Gasteiger partial charge in [-0.05, 0) is 12.1 Å². The first-order valence-corrected chi connectivity index (χ1v) is 7.19. The van der Waals surface area contributed by atoms with Crippen LogP contribution < -0.4 is 10.3 Å². The van der Waals surface area contributed by atoms with Crippen LogP contribution in [0.5, 0.6) is 0 Å². The molecule has 0 unspecified atom stereocenters. The molecule has 0 saturated heterocycles. The third-order valence-corrected chi connectivity index (χ3v) is 3.74. The Hall–Kier alpha value is -2.99. The zero-order chi connectivity index (χ0) is 16.0. The number of fused-ring (bicyclic) bond motifs is 2. The van der Waals surface area contributed by atoms with Crippen molar-refractivity contribution in [3.05, 3.63) is 69.1 Å². The van der Waals surface area contributed by atoms with Gasteiger partial charge in [0.05, 0.1) is 0 Å². The van der Waals surface area contributed by atoms with Crippen molar-refractivity contribution >= 4 is 33.8 Å². The zero-order valence-corrected chi connectivity index (χ0v) is 12.4. The van der Waals surface area contributed by atoms with Gasteiger partial charge in [-0.15, -0.1) is 0 Å². The van der Waals surface area contributed by atoms with Crippen molar-refractivity contribution in [3.8, 4) is 11.4 Å². The summed E-state index contributed by atoms with van der Waals surface area (Å²) in [7, 11) is 0. The van der Waals surface area contributed by atoms with Gasteiger partial charge in [-0.3, -0.25) is 4.79 Å². The van der Waals surface area contributed by atoms with Crippen LogP contribution in [-0.4, -0.2) is 15.0 Å². The highest BCUT2D eigenvalue weighted by atomic mass is 35.5. The summed E-state index contributed by atoms with van der Waals surface area (Å²) in [4.78, 5) is 23.6. The summed E-state index contributed by atoms with van der Waals surface area (Å²) in [5.41, 5.74) is 0.802. The van der Waals surface area contributed by atoms with Gasteiger partial charge in [-0.25, -0.2) is 9.97 Å². The molecule has 0 atom stereocenters. The third-order valence-electron chi connectivity index (χ3n) is 3.51. The molecule has 0 aliphatic carbocycles. The van der Waals surface area contributed by atoms with E-state index in [1.54, 1.807) is 12.1 Å².